The van der Waals surface area contributed by atoms with Crippen LogP contribution in [0.15, 0.2) is 54.6 Å². The number of nitrogens with one attached hydrogen (secondary N) is 3. The number of amides is 3. The van der Waals surface area contributed by atoms with E-state index in [9.17, 15) is 14.0 Å². The number of carbonyl (C=O) groups is 2. The van der Waals surface area contributed by atoms with Gasteiger partial charge in [-0.25, -0.2) is 9.18 Å². The van der Waals surface area contributed by atoms with E-state index in [1.54, 1.807) is 12.1 Å². The van der Waals surface area contributed by atoms with Crippen LogP contribution >= 0.6 is 11.3 Å². The van der Waals surface area contributed by atoms with Gasteiger partial charge in [0.1, 0.15) is 16.9 Å². The Balaban J connectivity index is 1.43. The van der Waals surface area contributed by atoms with Crippen LogP contribution in [0, 0.1) is 5.82 Å². The minimum absolute atomic E-state index is 0.139. The molecule has 0 bridgehead atoms. The SMILES string of the molecule is O=C(NC1CCCCC1)NC(Cc1ccccc1)C(=O)Nc1nnc(-c2ccc(F)cc2)s1. The third kappa shape index (κ3) is 6.58. The molecule has 7 nitrogen and oxygen atoms in total. The summed E-state index contributed by atoms with van der Waals surface area (Å²) in [5, 5.41) is 17.6. The number of rotatable bonds is 7. The maximum atomic E-state index is 13.2. The minimum atomic E-state index is -0.783. The molecule has 33 heavy (non-hydrogen) atoms. The quantitative estimate of drug-likeness (QED) is 0.476. The number of carbonyl (C=O) groups excluding carboxylic acids is 2. The summed E-state index contributed by atoms with van der Waals surface area (Å²) in [6.45, 7) is 0. The van der Waals surface area contributed by atoms with Gasteiger partial charge in [-0.3, -0.25) is 10.1 Å². The molecule has 0 saturated heterocycles. The van der Waals surface area contributed by atoms with Crippen molar-refractivity contribution in [3.8, 4) is 10.6 Å². The highest BCUT2D eigenvalue weighted by Gasteiger charge is 2.24. The molecule has 3 N–H and O–H groups in total. The van der Waals surface area contributed by atoms with E-state index in [0.717, 1.165) is 31.2 Å². The largest absolute Gasteiger partial charge is 0.335 e. The molecule has 1 aliphatic carbocycles. The second kappa shape index (κ2) is 11.0. The second-order valence-electron chi connectivity index (χ2n) is 8.10. The van der Waals surface area contributed by atoms with Gasteiger partial charge in [-0.2, -0.15) is 0 Å². The standard InChI is InChI=1S/C24H26FN5O2S/c25-18-13-11-17(12-14-18)22-29-30-24(33-22)28-21(31)20(15-16-7-3-1-4-8-16)27-23(32)26-19-9-5-2-6-10-19/h1,3-4,7-8,11-14,19-20H,2,5-6,9-10,15H2,(H2,26,27,32)(H,28,30,31). The summed E-state index contributed by atoms with van der Waals surface area (Å²) in [7, 11) is 0. The molecule has 1 aromatic heterocycles. The van der Waals surface area contributed by atoms with E-state index < -0.39 is 6.04 Å². The Morgan fingerprint density at radius 3 is 2.45 bits per heavy atom. The first-order valence-electron chi connectivity index (χ1n) is 11.1. The minimum Gasteiger partial charge on any atom is -0.335 e. The van der Waals surface area contributed by atoms with Gasteiger partial charge in [0.2, 0.25) is 11.0 Å². The molecular weight excluding hydrogens is 441 g/mol. The van der Waals surface area contributed by atoms with E-state index in [1.165, 1.54) is 29.9 Å². The predicted octanol–water partition coefficient (Wildman–Crippen LogP) is 4.53. The fraction of sp³-hybridized carbons (Fsp3) is 0.333. The number of nitrogens with zero attached hydrogens (tertiary/aromatic N) is 2. The van der Waals surface area contributed by atoms with Crippen molar-refractivity contribution in [1.29, 1.82) is 0 Å². The molecular formula is C24H26FN5O2S. The fourth-order valence-electron chi connectivity index (χ4n) is 3.87. The van der Waals surface area contributed by atoms with Gasteiger partial charge in [-0.15, -0.1) is 10.2 Å². The van der Waals surface area contributed by atoms with Gasteiger partial charge in [-0.1, -0.05) is 60.9 Å². The molecule has 1 unspecified atom stereocenters. The van der Waals surface area contributed by atoms with Crippen molar-refractivity contribution < 1.29 is 14.0 Å². The Morgan fingerprint density at radius 2 is 1.73 bits per heavy atom. The van der Waals surface area contributed by atoms with E-state index in [2.05, 4.69) is 26.1 Å². The summed E-state index contributed by atoms with van der Waals surface area (Å²) in [6.07, 6.45) is 5.66. The average molecular weight is 468 g/mol. The molecule has 4 rings (SSSR count). The highest BCUT2D eigenvalue weighted by molar-refractivity contribution is 7.18. The lowest BCUT2D eigenvalue weighted by molar-refractivity contribution is -0.117. The van der Waals surface area contributed by atoms with E-state index in [4.69, 9.17) is 0 Å². The Morgan fingerprint density at radius 1 is 1.00 bits per heavy atom. The molecule has 2 aromatic carbocycles. The van der Waals surface area contributed by atoms with E-state index >= 15 is 0 Å². The van der Waals surface area contributed by atoms with Crippen LogP contribution in [0.1, 0.15) is 37.7 Å². The van der Waals surface area contributed by atoms with Crippen LogP contribution in [0.25, 0.3) is 10.6 Å². The number of benzene rings is 2. The summed E-state index contributed by atoms with van der Waals surface area (Å²) in [4.78, 5) is 25.7. The molecule has 0 radical (unpaired) electrons. The van der Waals surface area contributed by atoms with Crippen molar-refractivity contribution in [2.24, 2.45) is 0 Å². The second-order valence-corrected chi connectivity index (χ2v) is 9.08. The topological polar surface area (TPSA) is 96.0 Å². The van der Waals surface area contributed by atoms with Gasteiger partial charge < -0.3 is 10.6 Å². The molecule has 1 heterocycles. The summed E-state index contributed by atoms with van der Waals surface area (Å²) in [5.41, 5.74) is 1.64. The number of aromatic nitrogens is 2. The Kier molecular flexibility index (Phi) is 7.62. The zero-order valence-electron chi connectivity index (χ0n) is 18.1. The Bertz CT molecular complexity index is 1070. The first-order chi connectivity index (χ1) is 16.1. The van der Waals surface area contributed by atoms with Crippen molar-refractivity contribution in [1.82, 2.24) is 20.8 Å². The number of urea groups is 1. The van der Waals surface area contributed by atoms with Crippen molar-refractivity contribution in [3.05, 3.63) is 66.0 Å². The van der Waals surface area contributed by atoms with Crippen LogP contribution in [-0.4, -0.2) is 34.2 Å². The average Bonchev–Trinajstić information content (AvgIpc) is 3.29. The normalized spacial score (nSPS) is 14.9. The van der Waals surface area contributed by atoms with Crippen LogP contribution in [0.2, 0.25) is 0 Å². The summed E-state index contributed by atoms with van der Waals surface area (Å²) >= 11 is 1.19. The molecule has 3 aromatic rings. The smallest absolute Gasteiger partial charge is 0.315 e. The lowest BCUT2D eigenvalue weighted by atomic mass is 9.96. The molecule has 172 valence electrons. The maximum absolute atomic E-state index is 13.2. The van der Waals surface area contributed by atoms with Crippen LogP contribution < -0.4 is 16.0 Å². The molecule has 1 aliphatic rings. The van der Waals surface area contributed by atoms with Crippen LogP contribution in [-0.2, 0) is 11.2 Å². The van der Waals surface area contributed by atoms with Gasteiger partial charge in [0.15, 0.2) is 0 Å². The van der Waals surface area contributed by atoms with E-state index in [-0.39, 0.29) is 23.8 Å². The van der Waals surface area contributed by atoms with Gasteiger partial charge in [0.05, 0.1) is 0 Å². The fourth-order valence-corrected chi connectivity index (χ4v) is 4.62. The van der Waals surface area contributed by atoms with Gasteiger partial charge in [0, 0.05) is 18.0 Å². The molecule has 3 amide bonds. The first kappa shape index (κ1) is 22.8. The molecule has 1 atom stereocenters. The third-order valence-electron chi connectivity index (χ3n) is 5.59. The van der Waals surface area contributed by atoms with Crippen LogP contribution in [0.5, 0.6) is 0 Å². The van der Waals surface area contributed by atoms with Crippen molar-refractivity contribution in [2.45, 2.75) is 50.6 Å². The predicted molar refractivity (Wildman–Crippen MR) is 126 cm³/mol. The summed E-state index contributed by atoms with van der Waals surface area (Å²) in [5.74, 6) is -0.711. The van der Waals surface area contributed by atoms with Crippen molar-refractivity contribution >= 4 is 28.4 Å². The molecule has 0 aliphatic heterocycles. The van der Waals surface area contributed by atoms with Crippen molar-refractivity contribution in [3.63, 3.8) is 0 Å². The molecule has 9 heteroatoms. The first-order valence-corrected chi connectivity index (χ1v) is 11.9. The zero-order valence-corrected chi connectivity index (χ0v) is 18.9. The number of hydrogen-bond acceptors (Lipinski definition) is 5. The van der Waals surface area contributed by atoms with E-state index in [0.29, 0.717) is 22.1 Å². The lowest BCUT2D eigenvalue weighted by Gasteiger charge is -2.25. The zero-order chi connectivity index (χ0) is 23.0. The monoisotopic (exact) mass is 467 g/mol. The number of hydrogen-bond donors (Lipinski definition) is 3. The number of anilines is 1. The maximum Gasteiger partial charge on any atom is 0.315 e. The van der Waals surface area contributed by atoms with Gasteiger partial charge >= 0.3 is 6.03 Å². The Hall–Kier alpha value is -3.33. The Labute approximate surface area is 195 Å². The molecule has 1 fully saturated rings. The number of halogens is 1. The van der Waals surface area contributed by atoms with Gasteiger partial charge in [-0.05, 0) is 42.7 Å². The summed E-state index contributed by atoms with van der Waals surface area (Å²) in [6, 6.07) is 14.4. The van der Waals surface area contributed by atoms with E-state index in [1.807, 2.05) is 30.3 Å². The van der Waals surface area contributed by atoms with Crippen molar-refractivity contribution in [2.75, 3.05) is 5.32 Å². The lowest BCUT2D eigenvalue weighted by Crippen LogP contribution is -2.51. The molecule has 1 saturated carbocycles. The summed E-state index contributed by atoms with van der Waals surface area (Å²) < 4.78 is 13.2. The van der Waals surface area contributed by atoms with Crippen LogP contribution in [0.3, 0.4) is 0 Å². The van der Waals surface area contributed by atoms with Crippen LogP contribution in [0.4, 0.5) is 14.3 Å². The van der Waals surface area contributed by atoms with Gasteiger partial charge in [0.25, 0.3) is 0 Å². The highest BCUT2D eigenvalue weighted by Crippen LogP contribution is 2.26. The molecule has 0 spiro atoms. The third-order valence-corrected chi connectivity index (χ3v) is 6.48. The highest BCUT2D eigenvalue weighted by atomic mass is 32.1.